The van der Waals surface area contributed by atoms with Crippen molar-refractivity contribution in [2.75, 3.05) is 12.8 Å². The topological polar surface area (TPSA) is 66.5 Å². The van der Waals surface area contributed by atoms with E-state index < -0.39 is 5.97 Å². The molecule has 0 spiro atoms. The molecule has 106 valence electrons. The van der Waals surface area contributed by atoms with Crippen molar-refractivity contribution in [1.82, 2.24) is 4.57 Å². The molecule has 20 heavy (non-hydrogen) atoms. The minimum absolute atomic E-state index is 0.161. The molecule has 0 aliphatic heterocycles. The summed E-state index contributed by atoms with van der Waals surface area (Å²) in [6.45, 7) is 2.14. The highest BCUT2D eigenvalue weighted by Gasteiger charge is 2.13. The Morgan fingerprint density at radius 3 is 2.70 bits per heavy atom. The van der Waals surface area contributed by atoms with E-state index in [0.717, 1.165) is 11.1 Å². The fraction of sp³-hybridized carbons (Fsp3) is 0.267. The van der Waals surface area contributed by atoms with Crippen LogP contribution < -0.4 is 10.5 Å². The second kappa shape index (κ2) is 5.69. The molecule has 0 aliphatic rings. The van der Waals surface area contributed by atoms with Gasteiger partial charge in [-0.25, -0.2) is 4.79 Å². The molecule has 1 aromatic heterocycles. The van der Waals surface area contributed by atoms with E-state index in [1.165, 1.54) is 0 Å². The second-order valence-electron chi connectivity index (χ2n) is 4.66. The molecule has 2 aromatic rings. The number of hydrogen-bond acceptors (Lipinski definition) is 4. The van der Waals surface area contributed by atoms with Crippen LogP contribution in [-0.4, -0.2) is 17.6 Å². The Balaban J connectivity index is 2.11. The van der Waals surface area contributed by atoms with Crippen LogP contribution in [0.2, 0.25) is 0 Å². The summed E-state index contributed by atoms with van der Waals surface area (Å²) in [6.07, 6.45) is 1.67. The third-order valence-electron chi connectivity index (χ3n) is 3.03. The number of esters is 1. The van der Waals surface area contributed by atoms with Gasteiger partial charge in [0, 0.05) is 18.8 Å². The summed E-state index contributed by atoms with van der Waals surface area (Å²) in [6, 6.07) is 7.34. The van der Waals surface area contributed by atoms with Gasteiger partial charge in [-0.2, -0.15) is 0 Å². The Labute approximate surface area is 117 Å². The number of anilines is 1. The average molecular weight is 274 g/mol. The fourth-order valence-electron chi connectivity index (χ4n) is 2.03. The van der Waals surface area contributed by atoms with E-state index in [1.54, 1.807) is 31.0 Å². The molecule has 0 fully saturated rings. The number of nitrogens with zero attached hydrogens (tertiary/aromatic N) is 1. The van der Waals surface area contributed by atoms with E-state index in [-0.39, 0.29) is 6.61 Å². The third-order valence-corrected chi connectivity index (χ3v) is 3.03. The summed E-state index contributed by atoms with van der Waals surface area (Å²) in [7, 11) is 3.34. The van der Waals surface area contributed by atoms with Crippen molar-refractivity contribution in [2.45, 2.75) is 13.5 Å². The van der Waals surface area contributed by atoms with Gasteiger partial charge in [-0.05, 0) is 25.1 Å². The molecule has 5 heteroatoms. The van der Waals surface area contributed by atoms with Crippen molar-refractivity contribution in [3.8, 4) is 5.75 Å². The van der Waals surface area contributed by atoms with Crippen molar-refractivity contribution in [3.05, 3.63) is 47.3 Å². The first-order chi connectivity index (χ1) is 9.51. The zero-order valence-corrected chi connectivity index (χ0v) is 11.8. The molecule has 0 radical (unpaired) electrons. The van der Waals surface area contributed by atoms with Crippen LogP contribution in [-0.2, 0) is 18.4 Å². The monoisotopic (exact) mass is 274 g/mol. The van der Waals surface area contributed by atoms with Gasteiger partial charge in [0.2, 0.25) is 0 Å². The summed E-state index contributed by atoms with van der Waals surface area (Å²) in [5.74, 6) is 0.294. The zero-order chi connectivity index (χ0) is 14.7. The van der Waals surface area contributed by atoms with Crippen molar-refractivity contribution in [3.63, 3.8) is 0 Å². The van der Waals surface area contributed by atoms with Crippen LogP contribution in [0.1, 0.15) is 21.6 Å². The van der Waals surface area contributed by atoms with Crippen molar-refractivity contribution < 1.29 is 14.3 Å². The highest BCUT2D eigenvalue weighted by molar-refractivity contribution is 5.89. The lowest BCUT2D eigenvalue weighted by atomic mass is 10.1. The van der Waals surface area contributed by atoms with Crippen LogP contribution in [0.15, 0.2) is 30.5 Å². The normalized spacial score (nSPS) is 10.3. The van der Waals surface area contributed by atoms with Gasteiger partial charge in [0.05, 0.1) is 12.8 Å². The summed E-state index contributed by atoms with van der Waals surface area (Å²) in [5.41, 5.74) is 8.52. The molecule has 1 aromatic carbocycles. The number of nitrogen functional groups attached to an aromatic ring is 1. The molecule has 0 amide bonds. The zero-order valence-electron chi connectivity index (χ0n) is 11.8. The molecule has 1 heterocycles. The Morgan fingerprint density at radius 2 is 2.10 bits per heavy atom. The highest BCUT2D eigenvalue weighted by atomic mass is 16.5. The van der Waals surface area contributed by atoms with E-state index in [9.17, 15) is 4.79 Å². The number of nitrogens with two attached hydrogens (primary N) is 1. The molecule has 0 atom stereocenters. The van der Waals surface area contributed by atoms with Crippen molar-refractivity contribution >= 4 is 11.7 Å². The first-order valence-electron chi connectivity index (χ1n) is 6.23. The van der Waals surface area contributed by atoms with Gasteiger partial charge in [-0.3, -0.25) is 0 Å². The maximum absolute atomic E-state index is 12.0. The molecule has 0 unspecified atom stereocenters. The van der Waals surface area contributed by atoms with Gasteiger partial charge in [0.15, 0.2) is 0 Å². The number of ether oxygens (including phenoxy) is 2. The van der Waals surface area contributed by atoms with Crippen molar-refractivity contribution in [1.29, 1.82) is 0 Å². The Hall–Kier alpha value is -2.43. The van der Waals surface area contributed by atoms with Gasteiger partial charge < -0.3 is 19.8 Å². The number of aryl methyl sites for hydroxylation is 2. The van der Waals surface area contributed by atoms with Gasteiger partial charge in [-0.15, -0.1) is 0 Å². The molecular formula is C15H18N2O3. The Morgan fingerprint density at radius 1 is 1.35 bits per heavy atom. The third kappa shape index (κ3) is 2.93. The van der Waals surface area contributed by atoms with Crippen LogP contribution in [0.4, 0.5) is 5.69 Å². The number of carbonyl (C=O) groups excluding carboxylic acids is 1. The first-order valence-corrected chi connectivity index (χ1v) is 6.23. The summed E-state index contributed by atoms with van der Waals surface area (Å²) >= 11 is 0. The largest absolute Gasteiger partial charge is 0.496 e. The summed E-state index contributed by atoms with van der Waals surface area (Å²) in [4.78, 5) is 12.0. The molecular weight excluding hydrogens is 256 g/mol. The average Bonchev–Trinajstić information content (AvgIpc) is 2.75. The van der Waals surface area contributed by atoms with E-state index in [1.807, 2.05) is 25.1 Å². The van der Waals surface area contributed by atoms with Crippen LogP contribution in [0.5, 0.6) is 5.75 Å². The summed E-state index contributed by atoms with van der Waals surface area (Å²) < 4.78 is 12.2. The molecule has 2 rings (SSSR count). The van der Waals surface area contributed by atoms with E-state index in [0.29, 0.717) is 17.1 Å². The smallest absolute Gasteiger partial charge is 0.355 e. The SMILES string of the molecule is COc1ccc(C)cc1COC(=O)c1cc(N)cn1C. The minimum atomic E-state index is -0.409. The van der Waals surface area contributed by atoms with E-state index >= 15 is 0 Å². The predicted octanol–water partition coefficient (Wildman–Crippen LogP) is 2.28. The molecule has 2 N–H and O–H groups in total. The number of aromatic nitrogens is 1. The van der Waals surface area contributed by atoms with Crippen LogP contribution in [0.3, 0.4) is 0 Å². The molecule has 0 bridgehead atoms. The lowest BCUT2D eigenvalue weighted by molar-refractivity contribution is 0.0459. The summed E-state index contributed by atoms with van der Waals surface area (Å²) in [5, 5.41) is 0. The van der Waals surface area contributed by atoms with E-state index in [4.69, 9.17) is 15.2 Å². The van der Waals surface area contributed by atoms with E-state index in [2.05, 4.69) is 0 Å². The quantitative estimate of drug-likeness (QED) is 0.869. The van der Waals surface area contributed by atoms with Gasteiger partial charge >= 0.3 is 5.97 Å². The van der Waals surface area contributed by atoms with Gasteiger partial charge in [0.25, 0.3) is 0 Å². The maximum atomic E-state index is 12.0. The first kappa shape index (κ1) is 14.0. The minimum Gasteiger partial charge on any atom is -0.496 e. The number of carbonyl (C=O) groups is 1. The second-order valence-corrected chi connectivity index (χ2v) is 4.66. The Kier molecular flexibility index (Phi) is 3.98. The molecule has 0 saturated heterocycles. The lowest BCUT2D eigenvalue weighted by Crippen LogP contribution is -2.10. The van der Waals surface area contributed by atoms with Crippen LogP contribution in [0.25, 0.3) is 0 Å². The molecule has 0 saturated carbocycles. The standard InChI is InChI=1S/C15H18N2O3/c1-10-4-5-14(19-3)11(6-10)9-20-15(18)13-7-12(16)8-17(13)2/h4-8H,9,16H2,1-3H3. The highest BCUT2D eigenvalue weighted by Crippen LogP contribution is 2.21. The number of rotatable bonds is 4. The number of benzene rings is 1. The fourth-order valence-corrected chi connectivity index (χ4v) is 2.03. The van der Waals surface area contributed by atoms with Crippen LogP contribution >= 0.6 is 0 Å². The molecule has 5 nitrogen and oxygen atoms in total. The number of methoxy groups -OCH3 is 1. The van der Waals surface area contributed by atoms with Crippen LogP contribution in [0, 0.1) is 6.92 Å². The maximum Gasteiger partial charge on any atom is 0.355 e. The Bertz CT molecular complexity index is 632. The van der Waals surface area contributed by atoms with Crippen molar-refractivity contribution in [2.24, 2.45) is 7.05 Å². The molecule has 0 aliphatic carbocycles. The predicted molar refractivity (Wildman–Crippen MR) is 76.7 cm³/mol. The van der Waals surface area contributed by atoms with Gasteiger partial charge in [0.1, 0.15) is 18.1 Å². The van der Waals surface area contributed by atoms with Gasteiger partial charge in [-0.1, -0.05) is 11.6 Å². The number of hydrogen-bond donors (Lipinski definition) is 1. The lowest BCUT2D eigenvalue weighted by Gasteiger charge is -2.10.